The number of likely N-dealkylation sites (N-methyl/N-ethyl adjacent to an activating group) is 1. The first-order valence-electron chi connectivity index (χ1n) is 8.07. The van der Waals surface area contributed by atoms with Crippen LogP contribution in [0.2, 0.25) is 0 Å². The van der Waals surface area contributed by atoms with Crippen LogP contribution in [0.4, 0.5) is 13.2 Å². The number of hydrogen-bond acceptors (Lipinski definition) is 3. The van der Waals surface area contributed by atoms with E-state index in [1.165, 1.54) is 29.2 Å². The zero-order valence-corrected chi connectivity index (χ0v) is 15.6. The lowest BCUT2D eigenvalue weighted by Gasteiger charge is -2.22. The van der Waals surface area contributed by atoms with Crippen molar-refractivity contribution in [1.82, 2.24) is 10.2 Å². The second-order valence-corrected chi connectivity index (χ2v) is 7.16. The largest absolute Gasteiger partial charge is 0.446 e. The molecule has 0 bridgehead atoms. The van der Waals surface area contributed by atoms with Crippen molar-refractivity contribution in [2.45, 2.75) is 22.9 Å². The first-order valence-corrected chi connectivity index (χ1v) is 8.89. The van der Waals surface area contributed by atoms with Crippen molar-refractivity contribution in [3.8, 4) is 0 Å². The Bertz CT molecular complexity index is 778. The molecule has 2 amide bonds. The van der Waals surface area contributed by atoms with Gasteiger partial charge in [-0.05, 0) is 41.6 Å². The smallest absolute Gasteiger partial charge is 0.347 e. The van der Waals surface area contributed by atoms with E-state index in [4.69, 9.17) is 0 Å². The number of alkyl halides is 3. The van der Waals surface area contributed by atoms with Crippen LogP contribution < -0.4 is 5.32 Å². The third-order valence-corrected chi connectivity index (χ3v) is 4.42. The third kappa shape index (κ3) is 6.63. The summed E-state index contributed by atoms with van der Waals surface area (Å²) in [7, 11) is 3.19. The molecular formula is C19H19F3N2O2S. The van der Waals surface area contributed by atoms with Gasteiger partial charge in [0, 0.05) is 31.0 Å². The molecule has 144 valence electrons. The SMILES string of the molecule is CN(C)C(=O)C(Cc1ccccc1)NC(=O)c1ccc(SC(F)(F)F)cc1. The number of nitrogens with one attached hydrogen (secondary N) is 1. The van der Waals surface area contributed by atoms with E-state index in [0.717, 1.165) is 5.56 Å². The first-order chi connectivity index (χ1) is 12.7. The predicted molar refractivity (Wildman–Crippen MR) is 98.4 cm³/mol. The highest BCUT2D eigenvalue weighted by molar-refractivity contribution is 8.00. The molecule has 0 saturated carbocycles. The van der Waals surface area contributed by atoms with Crippen LogP contribution in [0, 0.1) is 0 Å². The maximum absolute atomic E-state index is 12.5. The number of carbonyl (C=O) groups is 2. The molecule has 1 N–H and O–H groups in total. The van der Waals surface area contributed by atoms with E-state index in [1.807, 2.05) is 30.3 Å². The molecule has 0 aliphatic rings. The fraction of sp³-hybridized carbons (Fsp3) is 0.263. The Hall–Kier alpha value is -2.48. The molecule has 1 atom stereocenters. The Morgan fingerprint density at radius 3 is 2.15 bits per heavy atom. The number of amides is 2. The molecule has 2 aromatic rings. The van der Waals surface area contributed by atoms with Gasteiger partial charge in [0.2, 0.25) is 5.91 Å². The van der Waals surface area contributed by atoms with E-state index in [2.05, 4.69) is 5.32 Å². The van der Waals surface area contributed by atoms with Crippen LogP contribution in [0.3, 0.4) is 0 Å². The number of benzene rings is 2. The van der Waals surface area contributed by atoms with Gasteiger partial charge in [-0.25, -0.2) is 0 Å². The maximum Gasteiger partial charge on any atom is 0.446 e. The van der Waals surface area contributed by atoms with Gasteiger partial charge in [-0.3, -0.25) is 9.59 Å². The number of halogens is 3. The third-order valence-electron chi connectivity index (χ3n) is 3.68. The summed E-state index contributed by atoms with van der Waals surface area (Å²) in [5.74, 6) is -0.786. The minimum Gasteiger partial charge on any atom is -0.347 e. The Labute approximate surface area is 159 Å². The molecule has 0 aliphatic heterocycles. The van der Waals surface area contributed by atoms with Gasteiger partial charge in [0.05, 0.1) is 0 Å². The lowest BCUT2D eigenvalue weighted by molar-refractivity contribution is -0.130. The Balaban J connectivity index is 2.11. The van der Waals surface area contributed by atoms with Crippen LogP contribution in [0.25, 0.3) is 0 Å². The van der Waals surface area contributed by atoms with Gasteiger partial charge < -0.3 is 10.2 Å². The van der Waals surface area contributed by atoms with Gasteiger partial charge in [-0.15, -0.1) is 0 Å². The van der Waals surface area contributed by atoms with Crippen LogP contribution in [-0.4, -0.2) is 42.4 Å². The van der Waals surface area contributed by atoms with Gasteiger partial charge in [0.25, 0.3) is 5.91 Å². The highest BCUT2D eigenvalue weighted by Gasteiger charge is 2.29. The molecule has 0 saturated heterocycles. The average Bonchev–Trinajstić information content (AvgIpc) is 2.60. The van der Waals surface area contributed by atoms with E-state index >= 15 is 0 Å². The molecule has 0 aromatic heterocycles. The zero-order chi connectivity index (χ0) is 20.0. The molecule has 0 radical (unpaired) electrons. The normalized spacial score (nSPS) is 12.3. The monoisotopic (exact) mass is 396 g/mol. The van der Waals surface area contributed by atoms with Crippen molar-refractivity contribution in [2.24, 2.45) is 0 Å². The highest BCUT2D eigenvalue weighted by atomic mass is 32.2. The molecule has 4 nitrogen and oxygen atoms in total. The van der Waals surface area contributed by atoms with Gasteiger partial charge in [0.15, 0.2) is 0 Å². The summed E-state index contributed by atoms with van der Waals surface area (Å²) < 4.78 is 37.2. The summed E-state index contributed by atoms with van der Waals surface area (Å²) in [5.41, 5.74) is -3.32. The molecule has 2 aromatic carbocycles. The van der Waals surface area contributed by atoms with E-state index in [1.54, 1.807) is 14.1 Å². The van der Waals surface area contributed by atoms with Crippen molar-refractivity contribution < 1.29 is 22.8 Å². The van der Waals surface area contributed by atoms with Gasteiger partial charge in [0.1, 0.15) is 6.04 Å². The van der Waals surface area contributed by atoms with Crippen molar-refractivity contribution in [1.29, 1.82) is 0 Å². The van der Waals surface area contributed by atoms with Crippen LogP contribution in [0.1, 0.15) is 15.9 Å². The van der Waals surface area contributed by atoms with Crippen LogP contribution in [0.5, 0.6) is 0 Å². The number of rotatable bonds is 6. The molecule has 8 heteroatoms. The molecule has 27 heavy (non-hydrogen) atoms. The molecular weight excluding hydrogens is 377 g/mol. The fourth-order valence-corrected chi connectivity index (χ4v) is 2.95. The van der Waals surface area contributed by atoms with Crippen LogP contribution >= 0.6 is 11.8 Å². The maximum atomic E-state index is 12.5. The summed E-state index contributed by atoms with van der Waals surface area (Å²) in [6, 6.07) is 13.5. The summed E-state index contributed by atoms with van der Waals surface area (Å²) in [6.07, 6.45) is 0.311. The molecule has 0 heterocycles. The second kappa shape index (κ2) is 8.94. The number of thioether (sulfide) groups is 1. The average molecular weight is 396 g/mol. The highest BCUT2D eigenvalue weighted by Crippen LogP contribution is 2.36. The van der Waals surface area contributed by atoms with E-state index in [9.17, 15) is 22.8 Å². The molecule has 0 aliphatic carbocycles. The summed E-state index contributed by atoms with van der Waals surface area (Å²) in [4.78, 5) is 26.2. The lowest BCUT2D eigenvalue weighted by Crippen LogP contribution is -2.47. The minimum atomic E-state index is -4.39. The quantitative estimate of drug-likeness (QED) is 0.757. The predicted octanol–water partition coefficient (Wildman–Crippen LogP) is 3.73. The first kappa shape index (κ1) is 20.8. The second-order valence-electron chi connectivity index (χ2n) is 6.02. The van der Waals surface area contributed by atoms with Crippen molar-refractivity contribution in [3.63, 3.8) is 0 Å². The summed E-state index contributed by atoms with van der Waals surface area (Å²) in [6.45, 7) is 0. The lowest BCUT2D eigenvalue weighted by atomic mass is 10.0. The van der Waals surface area contributed by atoms with Gasteiger partial charge in [-0.1, -0.05) is 30.3 Å². The fourth-order valence-electron chi connectivity index (χ4n) is 2.41. The van der Waals surface area contributed by atoms with Gasteiger partial charge in [-0.2, -0.15) is 13.2 Å². The van der Waals surface area contributed by atoms with Crippen LogP contribution in [0.15, 0.2) is 59.5 Å². The molecule has 1 unspecified atom stereocenters. The van der Waals surface area contributed by atoms with Crippen molar-refractivity contribution in [2.75, 3.05) is 14.1 Å². The Kier molecular flexibility index (Phi) is 6.90. The number of nitrogens with zero attached hydrogens (tertiary/aromatic N) is 1. The Morgan fingerprint density at radius 2 is 1.63 bits per heavy atom. The molecule has 2 rings (SSSR count). The number of hydrogen-bond donors (Lipinski definition) is 1. The summed E-state index contributed by atoms with van der Waals surface area (Å²) >= 11 is -0.247. The minimum absolute atomic E-state index is 0.00995. The number of carbonyl (C=O) groups excluding carboxylic acids is 2. The van der Waals surface area contributed by atoms with Gasteiger partial charge >= 0.3 is 5.51 Å². The van der Waals surface area contributed by atoms with Crippen LogP contribution in [-0.2, 0) is 11.2 Å². The summed E-state index contributed by atoms with van der Waals surface area (Å²) in [5, 5.41) is 2.67. The molecule has 0 fully saturated rings. The zero-order valence-electron chi connectivity index (χ0n) is 14.8. The standard InChI is InChI=1S/C19H19F3N2O2S/c1-24(2)18(26)16(12-13-6-4-3-5-7-13)23-17(25)14-8-10-15(11-9-14)27-19(20,21)22/h3-11,16H,12H2,1-2H3,(H,23,25). The van der Waals surface area contributed by atoms with E-state index in [-0.39, 0.29) is 28.1 Å². The van der Waals surface area contributed by atoms with Crippen molar-refractivity contribution in [3.05, 3.63) is 65.7 Å². The van der Waals surface area contributed by atoms with E-state index in [0.29, 0.717) is 6.42 Å². The topological polar surface area (TPSA) is 49.4 Å². The Morgan fingerprint density at radius 1 is 1.04 bits per heavy atom. The van der Waals surface area contributed by atoms with E-state index < -0.39 is 17.5 Å². The van der Waals surface area contributed by atoms with Crippen molar-refractivity contribution >= 4 is 23.6 Å². The molecule has 0 spiro atoms.